The molecule has 6 bridgehead atoms. The largest absolute Gasteiger partial charge is 0.491 e. The van der Waals surface area contributed by atoms with Gasteiger partial charge in [-0.15, -0.1) is 0 Å². The molecule has 4 aliphatic rings. The van der Waals surface area contributed by atoms with Gasteiger partial charge >= 0.3 is 0 Å². The highest BCUT2D eigenvalue weighted by atomic mass is 16.5. The van der Waals surface area contributed by atoms with E-state index in [4.69, 9.17) is 19.2 Å². The molecule has 1 aromatic heterocycles. The molecular weight excluding hydrogens is 454 g/mol. The van der Waals surface area contributed by atoms with E-state index >= 15 is 0 Å². The smallest absolute Gasteiger partial charge is 0.227 e. The molecule has 4 heterocycles. The Morgan fingerprint density at radius 1 is 0.861 bits per heavy atom. The van der Waals surface area contributed by atoms with Gasteiger partial charge in [-0.2, -0.15) is 0 Å². The molecule has 3 aromatic rings. The van der Waals surface area contributed by atoms with Gasteiger partial charge in [0.25, 0.3) is 0 Å². The van der Waals surface area contributed by atoms with E-state index in [-0.39, 0.29) is 0 Å². The molecule has 2 aromatic carbocycles. The molecule has 0 amide bonds. The van der Waals surface area contributed by atoms with Gasteiger partial charge in [0, 0.05) is 49.7 Å². The lowest BCUT2D eigenvalue weighted by molar-refractivity contribution is 0.0765. The van der Waals surface area contributed by atoms with Crippen LogP contribution in [0.25, 0.3) is 11.3 Å². The minimum atomic E-state index is 0.479. The summed E-state index contributed by atoms with van der Waals surface area (Å²) in [4.78, 5) is 12.0. The van der Waals surface area contributed by atoms with E-state index in [1.807, 2.05) is 12.3 Å². The Kier molecular flexibility index (Phi) is 5.63. The minimum Gasteiger partial charge on any atom is -0.491 e. The Morgan fingerprint density at radius 3 is 2.58 bits per heavy atom. The maximum Gasteiger partial charge on any atom is 0.227 e. The third-order valence-electron chi connectivity index (χ3n) is 7.79. The van der Waals surface area contributed by atoms with Crippen molar-refractivity contribution in [2.45, 2.75) is 12.8 Å². The standard InChI is InChI=1S/C28H31N5O3/c1-2-19-15-30-28-31-22-4-6-25(33-16-20-13-29-14-21(20)17-33)26(11-22)36-10-8-34-7-9-35-23-5-3-18(1)24(12-23)27(19)32-28/h3-6,11-12,15,20-21,29H,1-2,7-10,13-14,16-17H2,(H,30,31,32). The summed E-state index contributed by atoms with van der Waals surface area (Å²) >= 11 is 0. The fourth-order valence-corrected chi connectivity index (χ4v) is 5.92. The second-order valence-corrected chi connectivity index (χ2v) is 10.1. The summed E-state index contributed by atoms with van der Waals surface area (Å²) < 4.78 is 18.1. The first-order valence-corrected chi connectivity index (χ1v) is 13.0. The van der Waals surface area contributed by atoms with E-state index in [0.29, 0.717) is 44.2 Å². The number of aryl methyl sites for hydroxylation is 2. The van der Waals surface area contributed by atoms with Crippen LogP contribution in [0.1, 0.15) is 11.1 Å². The zero-order chi connectivity index (χ0) is 23.9. The van der Waals surface area contributed by atoms with E-state index in [2.05, 4.69) is 50.8 Å². The molecule has 2 N–H and O–H groups in total. The van der Waals surface area contributed by atoms with E-state index in [0.717, 1.165) is 73.2 Å². The van der Waals surface area contributed by atoms with Crippen molar-refractivity contribution in [2.24, 2.45) is 11.8 Å². The highest BCUT2D eigenvalue weighted by molar-refractivity contribution is 5.73. The second-order valence-electron chi connectivity index (χ2n) is 10.1. The van der Waals surface area contributed by atoms with Crippen molar-refractivity contribution in [1.82, 2.24) is 15.3 Å². The summed E-state index contributed by atoms with van der Waals surface area (Å²) in [5, 5.41) is 6.95. The first kappa shape index (κ1) is 21.9. The Bertz CT molecular complexity index is 1270. The summed E-state index contributed by atoms with van der Waals surface area (Å²) in [7, 11) is 0. The molecule has 8 nitrogen and oxygen atoms in total. The SMILES string of the molecule is c1cc(N2CC3CNCC3C2)c2cc1Nc1ncc3c(n1)-c1cc(ccc1CC3)OCCOCCO2. The van der Waals surface area contributed by atoms with Crippen molar-refractivity contribution in [3.63, 3.8) is 0 Å². The number of aromatic nitrogens is 2. The zero-order valence-electron chi connectivity index (χ0n) is 20.3. The number of nitrogens with one attached hydrogen (secondary N) is 2. The van der Waals surface area contributed by atoms with Gasteiger partial charge in [-0.25, -0.2) is 9.97 Å². The average molecular weight is 486 g/mol. The molecule has 3 aliphatic heterocycles. The van der Waals surface area contributed by atoms with Crippen molar-refractivity contribution in [2.75, 3.05) is 62.8 Å². The summed E-state index contributed by atoms with van der Waals surface area (Å²) in [5.41, 5.74) is 6.61. The van der Waals surface area contributed by atoms with Gasteiger partial charge in [0.1, 0.15) is 24.7 Å². The maximum absolute atomic E-state index is 6.27. The third kappa shape index (κ3) is 4.14. The van der Waals surface area contributed by atoms with Crippen LogP contribution in [-0.2, 0) is 17.6 Å². The van der Waals surface area contributed by atoms with Crippen LogP contribution < -0.4 is 25.0 Å². The number of rotatable bonds is 1. The first-order valence-electron chi connectivity index (χ1n) is 13.0. The molecular formula is C28H31N5O3. The fraction of sp³-hybridized carbons (Fsp3) is 0.429. The Morgan fingerprint density at radius 2 is 1.69 bits per heavy atom. The summed E-state index contributed by atoms with van der Waals surface area (Å²) in [6.07, 6.45) is 3.88. The van der Waals surface area contributed by atoms with E-state index in [1.54, 1.807) is 0 Å². The van der Waals surface area contributed by atoms with Crippen LogP contribution in [0.4, 0.5) is 17.3 Å². The van der Waals surface area contributed by atoms with Crippen LogP contribution in [0.3, 0.4) is 0 Å². The van der Waals surface area contributed by atoms with Gasteiger partial charge in [0.2, 0.25) is 5.95 Å². The molecule has 0 spiro atoms. The number of hydrogen-bond acceptors (Lipinski definition) is 8. The molecule has 186 valence electrons. The molecule has 1 aliphatic carbocycles. The number of hydrogen-bond donors (Lipinski definition) is 2. The van der Waals surface area contributed by atoms with Crippen molar-refractivity contribution in [1.29, 1.82) is 0 Å². The molecule has 0 radical (unpaired) electrons. The van der Waals surface area contributed by atoms with Crippen molar-refractivity contribution in [3.05, 3.63) is 53.7 Å². The first-order chi connectivity index (χ1) is 17.8. The van der Waals surface area contributed by atoms with E-state index in [1.165, 1.54) is 11.1 Å². The van der Waals surface area contributed by atoms with Gasteiger partial charge in [-0.05, 0) is 60.1 Å². The fourth-order valence-electron chi connectivity index (χ4n) is 5.92. The molecule has 2 saturated heterocycles. The molecule has 2 atom stereocenters. The third-order valence-corrected chi connectivity index (χ3v) is 7.79. The number of ether oxygens (including phenoxy) is 3. The minimum absolute atomic E-state index is 0.479. The topological polar surface area (TPSA) is 80.8 Å². The second kappa shape index (κ2) is 9.26. The predicted molar refractivity (Wildman–Crippen MR) is 138 cm³/mol. The maximum atomic E-state index is 6.27. The quantitative estimate of drug-likeness (QED) is 0.543. The zero-order valence-corrected chi connectivity index (χ0v) is 20.3. The summed E-state index contributed by atoms with van der Waals surface area (Å²) in [6, 6.07) is 12.6. The lowest BCUT2D eigenvalue weighted by atomic mass is 9.90. The highest BCUT2D eigenvalue weighted by Gasteiger charge is 2.37. The molecule has 36 heavy (non-hydrogen) atoms. The highest BCUT2D eigenvalue weighted by Crippen LogP contribution is 2.39. The Hall–Kier alpha value is -3.36. The molecule has 0 saturated carbocycles. The van der Waals surface area contributed by atoms with Gasteiger partial charge in [-0.1, -0.05) is 6.07 Å². The van der Waals surface area contributed by atoms with Gasteiger partial charge < -0.3 is 29.7 Å². The monoisotopic (exact) mass is 485 g/mol. The molecule has 2 fully saturated rings. The lowest BCUT2D eigenvalue weighted by Gasteiger charge is -2.24. The van der Waals surface area contributed by atoms with Crippen molar-refractivity contribution >= 4 is 17.3 Å². The summed E-state index contributed by atoms with van der Waals surface area (Å²) in [6.45, 7) is 6.32. The van der Waals surface area contributed by atoms with E-state index in [9.17, 15) is 0 Å². The Balaban J connectivity index is 1.23. The normalized spacial score (nSPS) is 22.8. The van der Waals surface area contributed by atoms with E-state index < -0.39 is 0 Å². The van der Waals surface area contributed by atoms with Crippen LogP contribution >= 0.6 is 0 Å². The van der Waals surface area contributed by atoms with Gasteiger partial charge in [0.15, 0.2) is 0 Å². The van der Waals surface area contributed by atoms with Crippen LogP contribution in [0.5, 0.6) is 11.5 Å². The number of anilines is 3. The van der Waals surface area contributed by atoms with Crippen molar-refractivity contribution in [3.8, 4) is 22.8 Å². The summed E-state index contributed by atoms with van der Waals surface area (Å²) in [5.74, 6) is 3.70. The van der Waals surface area contributed by atoms with Crippen LogP contribution in [0.2, 0.25) is 0 Å². The molecule has 7 rings (SSSR count). The van der Waals surface area contributed by atoms with Crippen LogP contribution in [-0.4, -0.2) is 62.6 Å². The predicted octanol–water partition coefficient (Wildman–Crippen LogP) is 3.43. The van der Waals surface area contributed by atoms with Crippen LogP contribution in [0, 0.1) is 11.8 Å². The number of benzene rings is 2. The number of fused-ring (bicyclic) bond motifs is 5. The van der Waals surface area contributed by atoms with Gasteiger partial charge in [-0.3, -0.25) is 0 Å². The van der Waals surface area contributed by atoms with Crippen LogP contribution in [0.15, 0.2) is 42.6 Å². The number of nitrogens with zero attached hydrogens (tertiary/aromatic N) is 3. The van der Waals surface area contributed by atoms with Gasteiger partial charge in [0.05, 0.1) is 24.6 Å². The van der Waals surface area contributed by atoms with Crippen molar-refractivity contribution < 1.29 is 14.2 Å². The lowest BCUT2D eigenvalue weighted by Crippen LogP contribution is -2.26. The Labute approximate surface area is 211 Å². The average Bonchev–Trinajstić information content (AvgIpc) is 3.50. The molecule has 2 unspecified atom stereocenters. The molecule has 8 heteroatoms.